The summed E-state index contributed by atoms with van der Waals surface area (Å²) in [5.41, 5.74) is 2.99. The number of nitrogens with zero attached hydrogens (tertiary/aromatic N) is 1. The summed E-state index contributed by atoms with van der Waals surface area (Å²) in [6.45, 7) is 6.18. The van der Waals surface area contributed by atoms with Crippen LogP contribution in [0, 0.1) is 0 Å². The van der Waals surface area contributed by atoms with Gasteiger partial charge in [-0.2, -0.15) is 0 Å². The van der Waals surface area contributed by atoms with Crippen molar-refractivity contribution in [3.8, 4) is 0 Å². The summed E-state index contributed by atoms with van der Waals surface area (Å²) in [7, 11) is 4.04. The van der Waals surface area contributed by atoms with E-state index in [1.54, 1.807) is 0 Å². The Hall–Kier alpha value is -1.10. The summed E-state index contributed by atoms with van der Waals surface area (Å²) in [6.07, 6.45) is 3.80. The van der Waals surface area contributed by atoms with E-state index in [2.05, 4.69) is 19.3 Å². The van der Waals surface area contributed by atoms with E-state index in [1.165, 1.54) is 0 Å². The van der Waals surface area contributed by atoms with Gasteiger partial charge in [0.1, 0.15) is 6.54 Å². The molecule has 0 rings (SSSR count). The molecule has 1 N–H and O–H groups in total. The van der Waals surface area contributed by atoms with Crippen LogP contribution in [0.2, 0.25) is 0 Å². The van der Waals surface area contributed by atoms with Crippen molar-refractivity contribution >= 4 is 11.9 Å². The van der Waals surface area contributed by atoms with Gasteiger partial charge in [-0.15, -0.1) is 0 Å². The van der Waals surface area contributed by atoms with Gasteiger partial charge in [-0.3, -0.25) is 4.79 Å². The Kier molecular flexibility index (Phi) is 10.8. The lowest BCUT2D eigenvalue weighted by Crippen LogP contribution is -2.54. The minimum Gasteiger partial charge on any atom is -0.550 e. The smallest absolute Gasteiger partial charge is 0.264 e. The Balaban J connectivity index is 0. The van der Waals surface area contributed by atoms with Crippen LogP contribution in [0.3, 0.4) is 0 Å². The number of unbranched alkanes of at least 4 members (excludes halogenated alkanes) is 1. The van der Waals surface area contributed by atoms with E-state index >= 15 is 0 Å². The highest BCUT2D eigenvalue weighted by molar-refractivity contribution is 5.74. The molecule has 0 aromatic rings. The number of carboxylic acid groups (broad SMARTS) is 1. The first-order chi connectivity index (χ1) is 7.75. The zero-order valence-electron chi connectivity index (χ0n) is 11.7. The molecule has 0 spiro atoms. The van der Waals surface area contributed by atoms with Crippen molar-refractivity contribution in [2.24, 2.45) is 0 Å². The topological polar surface area (TPSA) is 69.2 Å². The summed E-state index contributed by atoms with van der Waals surface area (Å²) >= 11 is 0. The van der Waals surface area contributed by atoms with E-state index in [0.717, 1.165) is 32.7 Å². The lowest BCUT2D eigenvalue weighted by atomic mass is 10.2. The molecule has 0 unspecified atom stereocenters. The summed E-state index contributed by atoms with van der Waals surface area (Å²) in [5.74, 6) is -0.916. The molecular formula is C12H26N2O3. The maximum absolute atomic E-state index is 11.4. The lowest BCUT2D eigenvalue weighted by molar-refractivity contribution is -0.925. The van der Waals surface area contributed by atoms with Crippen molar-refractivity contribution < 1.29 is 19.3 Å². The van der Waals surface area contributed by atoms with Gasteiger partial charge in [0.2, 0.25) is 0 Å². The average molecular weight is 246 g/mol. The molecular weight excluding hydrogens is 220 g/mol. The number of amides is 1. The second kappa shape index (κ2) is 10.1. The van der Waals surface area contributed by atoms with Crippen molar-refractivity contribution in [1.29, 1.82) is 0 Å². The Morgan fingerprint density at radius 1 is 1.18 bits per heavy atom. The maximum atomic E-state index is 11.4. The molecule has 0 radical (unpaired) electrons. The van der Waals surface area contributed by atoms with Crippen molar-refractivity contribution in [2.45, 2.75) is 46.5 Å². The van der Waals surface area contributed by atoms with E-state index in [4.69, 9.17) is 9.90 Å². The molecule has 0 fully saturated rings. The average Bonchev–Trinajstić information content (AvgIpc) is 2.12. The highest BCUT2D eigenvalue weighted by atomic mass is 16.4. The molecule has 0 saturated carbocycles. The van der Waals surface area contributed by atoms with Gasteiger partial charge in [0.05, 0.1) is 14.1 Å². The number of nitrogens with one attached hydrogen (secondary N) is 1. The standard InChI is InChI=1S/C10H22N2O.C2H4O2/c1-5-7-8-10(13)11-12(3,4)9-6-2;1-2(3)4/h5-9H2,1-4H3;1H3,(H,3,4). The van der Waals surface area contributed by atoms with Crippen molar-refractivity contribution in [1.82, 2.24) is 5.43 Å². The Morgan fingerprint density at radius 3 is 2.00 bits per heavy atom. The summed E-state index contributed by atoms with van der Waals surface area (Å²) in [5, 5.41) is 8.89. The molecule has 0 heterocycles. The quantitative estimate of drug-likeness (QED) is 0.546. The molecule has 0 aliphatic rings. The highest BCUT2D eigenvalue weighted by Gasteiger charge is 2.16. The minimum atomic E-state index is -1.08. The van der Waals surface area contributed by atoms with Gasteiger partial charge < -0.3 is 9.90 Å². The Labute approximate surface area is 104 Å². The molecule has 1 amide bonds. The summed E-state index contributed by atoms with van der Waals surface area (Å²) < 4.78 is 0.596. The first-order valence-corrected chi connectivity index (χ1v) is 6.06. The van der Waals surface area contributed by atoms with Crippen LogP contribution < -0.4 is 10.5 Å². The minimum absolute atomic E-state index is 0.167. The summed E-state index contributed by atoms with van der Waals surface area (Å²) in [4.78, 5) is 20.3. The van der Waals surface area contributed by atoms with Gasteiger partial charge in [-0.25, -0.2) is 10.0 Å². The lowest BCUT2D eigenvalue weighted by Gasteiger charge is -2.28. The number of quaternary nitrogens is 1. The second-order valence-corrected chi connectivity index (χ2v) is 4.54. The number of carbonyl (C=O) groups excluding carboxylic acids is 2. The monoisotopic (exact) mass is 246 g/mol. The molecule has 0 atom stereocenters. The third-order valence-corrected chi connectivity index (χ3v) is 1.97. The molecule has 102 valence electrons. The van der Waals surface area contributed by atoms with Crippen LogP contribution in [0.1, 0.15) is 46.5 Å². The fourth-order valence-corrected chi connectivity index (χ4v) is 1.35. The third kappa shape index (κ3) is 17.5. The van der Waals surface area contributed by atoms with Crippen LogP contribution in [0.4, 0.5) is 0 Å². The predicted molar refractivity (Wildman–Crippen MR) is 65.6 cm³/mol. The van der Waals surface area contributed by atoms with Gasteiger partial charge in [-0.1, -0.05) is 20.3 Å². The molecule has 0 aliphatic heterocycles. The van der Waals surface area contributed by atoms with Crippen LogP contribution >= 0.6 is 0 Å². The molecule has 5 nitrogen and oxygen atoms in total. The number of hydrogen-bond donors (Lipinski definition) is 1. The number of carbonyl (C=O) groups is 2. The molecule has 5 heteroatoms. The molecule has 0 saturated heterocycles. The zero-order chi connectivity index (χ0) is 13.9. The zero-order valence-corrected chi connectivity index (χ0v) is 11.7. The molecule has 0 aromatic heterocycles. The van der Waals surface area contributed by atoms with Gasteiger partial charge in [0.15, 0.2) is 0 Å². The molecule has 0 aromatic carbocycles. The van der Waals surface area contributed by atoms with Crippen molar-refractivity contribution in [2.75, 3.05) is 20.6 Å². The largest absolute Gasteiger partial charge is 0.550 e. The maximum Gasteiger partial charge on any atom is 0.264 e. The highest BCUT2D eigenvalue weighted by Crippen LogP contribution is 1.98. The predicted octanol–water partition coefficient (Wildman–Crippen LogP) is 0.450. The van der Waals surface area contributed by atoms with Crippen molar-refractivity contribution in [3.05, 3.63) is 0 Å². The fraction of sp³-hybridized carbons (Fsp3) is 0.833. The van der Waals surface area contributed by atoms with Crippen LogP contribution in [-0.2, 0) is 9.59 Å². The fourth-order valence-electron chi connectivity index (χ4n) is 1.35. The summed E-state index contributed by atoms with van der Waals surface area (Å²) in [6, 6.07) is 0. The van der Waals surface area contributed by atoms with E-state index in [1.807, 2.05) is 14.1 Å². The van der Waals surface area contributed by atoms with E-state index in [9.17, 15) is 4.79 Å². The van der Waals surface area contributed by atoms with Crippen molar-refractivity contribution in [3.63, 3.8) is 0 Å². The van der Waals surface area contributed by atoms with Crippen LogP contribution in [0.25, 0.3) is 0 Å². The normalized spacial score (nSPS) is 10.2. The molecule has 0 aliphatic carbocycles. The van der Waals surface area contributed by atoms with E-state index in [0.29, 0.717) is 11.0 Å². The van der Waals surface area contributed by atoms with E-state index < -0.39 is 5.97 Å². The van der Waals surface area contributed by atoms with Crippen LogP contribution in [0.5, 0.6) is 0 Å². The van der Waals surface area contributed by atoms with Gasteiger partial charge >= 0.3 is 0 Å². The number of rotatable bonds is 6. The van der Waals surface area contributed by atoms with Crippen LogP contribution in [-0.4, -0.2) is 37.1 Å². The van der Waals surface area contributed by atoms with Crippen LogP contribution in [0.15, 0.2) is 0 Å². The van der Waals surface area contributed by atoms with Gasteiger partial charge in [-0.05, 0) is 19.8 Å². The molecule has 0 bridgehead atoms. The third-order valence-electron chi connectivity index (χ3n) is 1.97. The van der Waals surface area contributed by atoms with Gasteiger partial charge in [0.25, 0.3) is 5.91 Å². The molecule has 17 heavy (non-hydrogen) atoms. The van der Waals surface area contributed by atoms with E-state index in [-0.39, 0.29) is 5.91 Å². The SMILES string of the molecule is CC(=O)[O-].CCCCC(=O)N[N+](C)(C)CCC. The Morgan fingerprint density at radius 2 is 1.65 bits per heavy atom. The first-order valence-electron chi connectivity index (χ1n) is 6.06. The second-order valence-electron chi connectivity index (χ2n) is 4.54. The number of hydrogen-bond acceptors (Lipinski definition) is 3. The number of aliphatic carboxylic acids is 1. The Bertz CT molecular complexity index is 224. The van der Waals surface area contributed by atoms with Gasteiger partial charge in [0, 0.05) is 12.4 Å². The number of carboxylic acids is 1. The first kappa shape index (κ1) is 18.3.